The fourth-order valence-electron chi connectivity index (χ4n) is 1.35. The molecule has 0 aliphatic heterocycles. The summed E-state index contributed by atoms with van der Waals surface area (Å²) in [7, 11) is 1.60. The number of amides is 1. The molecule has 0 radical (unpaired) electrons. The topological polar surface area (TPSA) is 58.1 Å². The molecule has 1 heterocycles. The molecule has 0 fully saturated rings. The number of hydrogen-bond acceptors (Lipinski definition) is 4. The van der Waals surface area contributed by atoms with Crippen molar-refractivity contribution < 1.29 is 4.79 Å². The molecular weight excluding hydrogens is 240 g/mol. The van der Waals surface area contributed by atoms with Gasteiger partial charge in [0.25, 0.3) is 0 Å². The van der Waals surface area contributed by atoms with Crippen molar-refractivity contribution in [2.24, 2.45) is 0 Å². The molecule has 0 spiro atoms. The second-order valence-electron chi connectivity index (χ2n) is 3.70. The fraction of sp³-hybridized carbons (Fsp3) is 0.545. The van der Waals surface area contributed by atoms with Gasteiger partial charge in [-0.3, -0.25) is 4.79 Å². The van der Waals surface area contributed by atoms with E-state index in [1.807, 2.05) is 20.8 Å². The average Bonchev–Trinajstić information content (AvgIpc) is 2.30. The van der Waals surface area contributed by atoms with Crippen LogP contribution in [-0.4, -0.2) is 36.0 Å². The van der Waals surface area contributed by atoms with Crippen LogP contribution in [0.4, 0.5) is 5.82 Å². The molecule has 1 rings (SSSR count). The van der Waals surface area contributed by atoms with Gasteiger partial charge in [-0.1, -0.05) is 11.6 Å². The van der Waals surface area contributed by atoms with Crippen LogP contribution in [-0.2, 0) is 4.79 Å². The number of carbonyl (C=O) groups excluding carboxylic acids is 1. The summed E-state index contributed by atoms with van der Waals surface area (Å²) in [5, 5.41) is 2.91. The number of likely N-dealkylation sites (N-methyl/N-ethyl adjacent to an activating group) is 2. The van der Waals surface area contributed by atoms with E-state index in [1.165, 1.54) is 0 Å². The minimum absolute atomic E-state index is 0.0806. The van der Waals surface area contributed by atoms with Crippen LogP contribution in [0.25, 0.3) is 0 Å². The molecule has 0 bridgehead atoms. The summed E-state index contributed by atoms with van der Waals surface area (Å²) in [6.45, 7) is 6.54. The summed E-state index contributed by atoms with van der Waals surface area (Å²) in [6.07, 6.45) is 0. The molecule has 0 aliphatic carbocycles. The number of nitrogens with zero attached hydrogens (tertiary/aromatic N) is 3. The van der Waals surface area contributed by atoms with Gasteiger partial charge in [0.1, 0.15) is 0 Å². The van der Waals surface area contributed by atoms with E-state index in [0.29, 0.717) is 17.5 Å². The van der Waals surface area contributed by atoms with Crippen LogP contribution in [0.1, 0.15) is 18.3 Å². The van der Waals surface area contributed by atoms with E-state index in [1.54, 1.807) is 11.9 Å². The lowest BCUT2D eigenvalue weighted by molar-refractivity contribution is -0.119. The quantitative estimate of drug-likeness (QED) is 0.883. The highest BCUT2D eigenvalue weighted by Crippen LogP contribution is 2.22. The summed E-state index contributed by atoms with van der Waals surface area (Å²) in [6, 6.07) is 0. The maximum Gasteiger partial charge on any atom is 0.239 e. The van der Waals surface area contributed by atoms with Gasteiger partial charge < -0.3 is 10.2 Å². The highest BCUT2D eigenvalue weighted by molar-refractivity contribution is 6.31. The van der Waals surface area contributed by atoms with Gasteiger partial charge >= 0.3 is 0 Å². The van der Waals surface area contributed by atoms with Crippen LogP contribution in [0.15, 0.2) is 0 Å². The molecular formula is C11H17ClN4O. The number of anilines is 1. The smallest absolute Gasteiger partial charge is 0.239 e. The van der Waals surface area contributed by atoms with E-state index in [2.05, 4.69) is 15.3 Å². The Kier molecular flexibility index (Phi) is 4.69. The number of aromatic nitrogens is 2. The van der Waals surface area contributed by atoms with Crippen molar-refractivity contribution in [3.05, 3.63) is 16.5 Å². The number of rotatable bonds is 4. The van der Waals surface area contributed by atoms with Crippen LogP contribution >= 0.6 is 11.6 Å². The Morgan fingerprint density at radius 3 is 2.47 bits per heavy atom. The summed E-state index contributed by atoms with van der Waals surface area (Å²) >= 11 is 6.05. The van der Waals surface area contributed by atoms with Crippen molar-refractivity contribution >= 4 is 23.3 Å². The van der Waals surface area contributed by atoms with Gasteiger partial charge in [0.05, 0.1) is 17.9 Å². The first-order chi connectivity index (χ1) is 7.99. The third kappa shape index (κ3) is 3.30. The van der Waals surface area contributed by atoms with Crippen molar-refractivity contribution in [1.29, 1.82) is 0 Å². The first-order valence-corrected chi connectivity index (χ1v) is 5.83. The lowest BCUT2D eigenvalue weighted by atomic mass is 10.3. The van der Waals surface area contributed by atoms with Crippen molar-refractivity contribution in [3.63, 3.8) is 0 Å². The first kappa shape index (κ1) is 13.7. The molecule has 0 saturated heterocycles. The lowest BCUT2D eigenvalue weighted by Gasteiger charge is -2.22. The third-order valence-electron chi connectivity index (χ3n) is 2.54. The predicted molar refractivity (Wildman–Crippen MR) is 68.5 cm³/mol. The number of aryl methyl sites for hydroxylation is 2. The largest absolute Gasteiger partial charge is 0.358 e. The Morgan fingerprint density at radius 2 is 1.94 bits per heavy atom. The van der Waals surface area contributed by atoms with Gasteiger partial charge in [0.2, 0.25) is 5.91 Å². The van der Waals surface area contributed by atoms with Gasteiger partial charge in [-0.25, -0.2) is 9.97 Å². The molecule has 1 aromatic rings. The second-order valence-corrected chi connectivity index (χ2v) is 4.05. The molecule has 17 heavy (non-hydrogen) atoms. The highest BCUT2D eigenvalue weighted by atomic mass is 35.5. The van der Waals surface area contributed by atoms with Gasteiger partial charge in [-0.05, 0) is 20.8 Å². The molecule has 0 aliphatic rings. The number of nitrogens with one attached hydrogen (secondary N) is 1. The maximum absolute atomic E-state index is 11.4. The average molecular weight is 257 g/mol. The Bertz CT molecular complexity index is 422. The third-order valence-corrected chi connectivity index (χ3v) is 2.80. The summed E-state index contributed by atoms with van der Waals surface area (Å²) in [5.41, 5.74) is 1.62. The zero-order chi connectivity index (χ0) is 13.0. The normalized spacial score (nSPS) is 10.2. The Balaban J connectivity index is 3.03. The molecule has 1 N–H and O–H groups in total. The number of hydrogen-bond donors (Lipinski definition) is 1. The van der Waals surface area contributed by atoms with Crippen LogP contribution in [0.3, 0.4) is 0 Å². The first-order valence-electron chi connectivity index (χ1n) is 5.45. The minimum atomic E-state index is -0.0806. The Labute approximate surface area is 106 Å². The fourth-order valence-corrected chi connectivity index (χ4v) is 1.64. The van der Waals surface area contributed by atoms with Crippen LogP contribution in [0.2, 0.25) is 5.15 Å². The Hall–Kier alpha value is -1.36. The molecule has 94 valence electrons. The monoisotopic (exact) mass is 256 g/mol. The zero-order valence-corrected chi connectivity index (χ0v) is 11.3. The molecule has 5 nitrogen and oxygen atoms in total. The van der Waals surface area contributed by atoms with Gasteiger partial charge in [0.15, 0.2) is 11.0 Å². The van der Waals surface area contributed by atoms with E-state index in [9.17, 15) is 4.79 Å². The van der Waals surface area contributed by atoms with E-state index < -0.39 is 0 Å². The molecule has 1 amide bonds. The Morgan fingerprint density at radius 1 is 1.35 bits per heavy atom. The molecule has 6 heteroatoms. The van der Waals surface area contributed by atoms with Crippen molar-refractivity contribution in [1.82, 2.24) is 15.3 Å². The van der Waals surface area contributed by atoms with Crippen LogP contribution in [0, 0.1) is 13.8 Å². The van der Waals surface area contributed by atoms with Gasteiger partial charge in [-0.2, -0.15) is 0 Å². The zero-order valence-electron chi connectivity index (χ0n) is 10.5. The van der Waals surface area contributed by atoms with Gasteiger partial charge in [-0.15, -0.1) is 0 Å². The SMILES string of the molecule is CCN(CC(=O)NC)c1nc(C)c(C)nc1Cl. The summed E-state index contributed by atoms with van der Waals surface area (Å²) < 4.78 is 0. The highest BCUT2D eigenvalue weighted by Gasteiger charge is 2.15. The van der Waals surface area contributed by atoms with E-state index in [4.69, 9.17) is 11.6 Å². The van der Waals surface area contributed by atoms with Crippen molar-refractivity contribution in [3.8, 4) is 0 Å². The van der Waals surface area contributed by atoms with Gasteiger partial charge in [0, 0.05) is 13.6 Å². The molecule has 0 saturated carbocycles. The van der Waals surface area contributed by atoms with E-state index >= 15 is 0 Å². The molecule has 0 atom stereocenters. The van der Waals surface area contributed by atoms with E-state index in [0.717, 1.165) is 11.4 Å². The number of carbonyl (C=O) groups is 1. The van der Waals surface area contributed by atoms with Crippen LogP contribution < -0.4 is 10.2 Å². The lowest BCUT2D eigenvalue weighted by Crippen LogP contribution is -2.36. The molecule has 0 aromatic carbocycles. The summed E-state index contributed by atoms with van der Waals surface area (Å²) in [5.74, 6) is 0.476. The molecule has 0 unspecified atom stereocenters. The number of halogens is 1. The van der Waals surface area contributed by atoms with Crippen molar-refractivity contribution in [2.75, 3.05) is 25.0 Å². The predicted octanol–water partition coefficient (Wildman–Crippen LogP) is 1.32. The summed E-state index contributed by atoms with van der Waals surface area (Å²) in [4.78, 5) is 21.8. The standard InChI is InChI=1S/C11H17ClN4O/c1-5-16(6-9(17)13-4)11-10(12)14-7(2)8(3)15-11/h5-6H2,1-4H3,(H,13,17). The maximum atomic E-state index is 11.4. The van der Waals surface area contributed by atoms with E-state index in [-0.39, 0.29) is 12.5 Å². The molecule has 1 aromatic heterocycles. The minimum Gasteiger partial charge on any atom is -0.358 e. The second kappa shape index (κ2) is 5.82. The van der Waals surface area contributed by atoms with Crippen molar-refractivity contribution in [2.45, 2.75) is 20.8 Å². The van der Waals surface area contributed by atoms with Crippen LogP contribution in [0.5, 0.6) is 0 Å².